The molecule has 0 aliphatic rings. The van der Waals surface area contributed by atoms with E-state index in [1.807, 2.05) is 20.8 Å². The van der Waals surface area contributed by atoms with Crippen LogP contribution in [0.3, 0.4) is 0 Å². The third-order valence-electron chi connectivity index (χ3n) is 2.34. The molecule has 0 spiro atoms. The van der Waals surface area contributed by atoms with Crippen LogP contribution in [0.25, 0.3) is 0 Å². The molecule has 0 atom stereocenters. The number of benzene rings is 1. The fourth-order valence-corrected chi connectivity index (χ4v) is 1.51. The number of amides is 1. The molecular weight excluding hydrogens is 246 g/mol. The normalized spacial score (nSPS) is 10.8. The maximum Gasteiger partial charge on any atom is 0.292 e. The van der Waals surface area contributed by atoms with Gasteiger partial charge in [-0.2, -0.15) is 0 Å². The van der Waals surface area contributed by atoms with Crippen molar-refractivity contribution in [3.05, 3.63) is 23.8 Å². The minimum atomic E-state index is -0.639. The molecule has 0 aliphatic heterocycles. The summed E-state index contributed by atoms with van der Waals surface area (Å²) in [5, 5.41) is 2.62. The van der Waals surface area contributed by atoms with Crippen LogP contribution in [0.15, 0.2) is 18.2 Å². The molecular formula is C14H19NO4. The van der Waals surface area contributed by atoms with Gasteiger partial charge in [0.05, 0.1) is 14.2 Å². The Hall–Kier alpha value is -2.04. The molecule has 1 amide bonds. The molecule has 0 saturated carbocycles. The number of ether oxygens (including phenoxy) is 2. The summed E-state index contributed by atoms with van der Waals surface area (Å²) in [6, 6.07) is 4.62. The standard InChI is InChI=1S/C14H19NO4/c1-14(2,3)15-13(17)12(16)9-6-7-10(18-4)11(8-9)19-5/h6-8H,1-5H3,(H,15,17). The minimum Gasteiger partial charge on any atom is -0.493 e. The van der Waals surface area contributed by atoms with Crippen LogP contribution >= 0.6 is 0 Å². The van der Waals surface area contributed by atoms with Gasteiger partial charge in [-0.05, 0) is 39.0 Å². The van der Waals surface area contributed by atoms with Crippen molar-refractivity contribution in [1.82, 2.24) is 5.32 Å². The lowest BCUT2D eigenvalue weighted by molar-refractivity contribution is -0.118. The zero-order chi connectivity index (χ0) is 14.6. The van der Waals surface area contributed by atoms with Crippen molar-refractivity contribution in [3.63, 3.8) is 0 Å². The second-order valence-corrected chi connectivity index (χ2v) is 5.10. The van der Waals surface area contributed by atoms with Gasteiger partial charge in [0.2, 0.25) is 5.78 Å². The van der Waals surface area contributed by atoms with Crippen molar-refractivity contribution in [2.45, 2.75) is 26.3 Å². The quantitative estimate of drug-likeness (QED) is 0.666. The minimum absolute atomic E-state index is 0.263. The second kappa shape index (κ2) is 5.73. The van der Waals surface area contributed by atoms with Crippen LogP contribution < -0.4 is 14.8 Å². The first-order valence-corrected chi connectivity index (χ1v) is 5.87. The lowest BCUT2D eigenvalue weighted by Gasteiger charge is -2.19. The Labute approximate surface area is 112 Å². The van der Waals surface area contributed by atoms with Crippen molar-refractivity contribution in [1.29, 1.82) is 0 Å². The van der Waals surface area contributed by atoms with Crippen LogP contribution in [0.2, 0.25) is 0 Å². The largest absolute Gasteiger partial charge is 0.493 e. The highest BCUT2D eigenvalue weighted by Crippen LogP contribution is 2.27. The van der Waals surface area contributed by atoms with Crippen LogP contribution in [-0.4, -0.2) is 31.4 Å². The summed E-state index contributed by atoms with van der Waals surface area (Å²) in [7, 11) is 2.98. The lowest BCUT2D eigenvalue weighted by atomic mass is 10.1. The Morgan fingerprint density at radius 3 is 2.11 bits per heavy atom. The highest BCUT2D eigenvalue weighted by atomic mass is 16.5. The summed E-state index contributed by atoms with van der Waals surface area (Å²) in [4.78, 5) is 23.8. The average molecular weight is 265 g/mol. The average Bonchev–Trinajstić information content (AvgIpc) is 2.34. The Morgan fingerprint density at radius 2 is 1.63 bits per heavy atom. The van der Waals surface area contributed by atoms with E-state index in [1.165, 1.54) is 26.4 Å². The van der Waals surface area contributed by atoms with Gasteiger partial charge in [0.25, 0.3) is 5.91 Å². The number of ketones is 1. The van der Waals surface area contributed by atoms with Crippen LogP contribution in [-0.2, 0) is 4.79 Å². The van der Waals surface area contributed by atoms with E-state index in [9.17, 15) is 9.59 Å². The number of Topliss-reactive ketones (excluding diaryl/α,β-unsaturated/α-hetero) is 1. The number of carbonyl (C=O) groups is 2. The smallest absolute Gasteiger partial charge is 0.292 e. The molecule has 0 radical (unpaired) electrons. The summed E-state index contributed by atoms with van der Waals surface area (Å²) < 4.78 is 10.2. The molecule has 0 heterocycles. The lowest BCUT2D eigenvalue weighted by Crippen LogP contribution is -2.44. The number of nitrogens with one attached hydrogen (secondary N) is 1. The first kappa shape index (κ1) is 15.0. The Balaban J connectivity index is 2.97. The number of rotatable bonds is 4. The SMILES string of the molecule is COc1ccc(C(=O)C(=O)NC(C)(C)C)cc1OC. The molecule has 0 bridgehead atoms. The van der Waals surface area contributed by atoms with Gasteiger partial charge >= 0.3 is 0 Å². The Morgan fingerprint density at radius 1 is 1.05 bits per heavy atom. The topological polar surface area (TPSA) is 64.6 Å². The third-order valence-corrected chi connectivity index (χ3v) is 2.34. The van der Waals surface area contributed by atoms with Gasteiger partial charge < -0.3 is 14.8 Å². The fraction of sp³-hybridized carbons (Fsp3) is 0.429. The van der Waals surface area contributed by atoms with Crippen molar-refractivity contribution in [3.8, 4) is 11.5 Å². The summed E-state index contributed by atoms with van der Waals surface area (Å²) in [5.41, 5.74) is -0.192. The summed E-state index contributed by atoms with van der Waals surface area (Å²) in [6.45, 7) is 5.44. The van der Waals surface area contributed by atoms with E-state index in [0.29, 0.717) is 11.5 Å². The van der Waals surface area contributed by atoms with Gasteiger partial charge in [0.1, 0.15) is 0 Å². The number of hydrogen-bond donors (Lipinski definition) is 1. The van der Waals surface area contributed by atoms with Gasteiger partial charge in [-0.3, -0.25) is 9.59 Å². The van der Waals surface area contributed by atoms with E-state index >= 15 is 0 Å². The van der Waals surface area contributed by atoms with Crippen LogP contribution in [0.1, 0.15) is 31.1 Å². The van der Waals surface area contributed by atoms with Gasteiger partial charge in [0.15, 0.2) is 11.5 Å². The van der Waals surface area contributed by atoms with E-state index in [0.717, 1.165) is 0 Å². The first-order chi connectivity index (χ1) is 8.78. The summed E-state index contributed by atoms with van der Waals surface area (Å²) in [5.74, 6) is -0.317. The molecule has 1 aromatic rings. The van der Waals surface area contributed by atoms with E-state index in [2.05, 4.69) is 5.32 Å². The zero-order valence-electron chi connectivity index (χ0n) is 11.9. The number of carbonyl (C=O) groups excluding carboxylic acids is 2. The van der Waals surface area contributed by atoms with E-state index in [1.54, 1.807) is 6.07 Å². The summed E-state index contributed by atoms with van der Waals surface area (Å²) >= 11 is 0. The van der Waals surface area contributed by atoms with Crippen molar-refractivity contribution in [2.24, 2.45) is 0 Å². The highest BCUT2D eigenvalue weighted by Gasteiger charge is 2.22. The molecule has 0 aromatic heterocycles. The van der Waals surface area contributed by atoms with Crippen LogP contribution in [0.4, 0.5) is 0 Å². The van der Waals surface area contributed by atoms with Crippen molar-refractivity contribution >= 4 is 11.7 Å². The molecule has 5 nitrogen and oxygen atoms in total. The molecule has 1 aromatic carbocycles. The Kier molecular flexibility index (Phi) is 4.53. The maximum absolute atomic E-state index is 12.0. The van der Waals surface area contributed by atoms with Gasteiger partial charge in [-0.15, -0.1) is 0 Å². The summed E-state index contributed by atoms with van der Waals surface area (Å²) in [6.07, 6.45) is 0. The maximum atomic E-state index is 12.0. The molecule has 1 rings (SSSR count). The van der Waals surface area contributed by atoms with Crippen LogP contribution in [0.5, 0.6) is 11.5 Å². The third kappa shape index (κ3) is 3.98. The Bertz CT molecular complexity index is 489. The van der Waals surface area contributed by atoms with E-state index < -0.39 is 17.2 Å². The highest BCUT2D eigenvalue weighted by molar-refractivity contribution is 6.43. The van der Waals surface area contributed by atoms with E-state index in [-0.39, 0.29) is 5.56 Å². The molecule has 0 saturated heterocycles. The first-order valence-electron chi connectivity index (χ1n) is 5.87. The fourth-order valence-electron chi connectivity index (χ4n) is 1.51. The molecule has 0 fully saturated rings. The zero-order valence-corrected chi connectivity index (χ0v) is 11.9. The van der Waals surface area contributed by atoms with Gasteiger partial charge in [-0.25, -0.2) is 0 Å². The van der Waals surface area contributed by atoms with E-state index in [4.69, 9.17) is 9.47 Å². The van der Waals surface area contributed by atoms with Crippen molar-refractivity contribution in [2.75, 3.05) is 14.2 Å². The molecule has 19 heavy (non-hydrogen) atoms. The molecule has 0 aliphatic carbocycles. The van der Waals surface area contributed by atoms with Gasteiger partial charge in [-0.1, -0.05) is 0 Å². The molecule has 0 unspecified atom stereocenters. The number of methoxy groups -OCH3 is 2. The molecule has 5 heteroatoms. The van der Waals surface area contributed by atoms with Crippen molar-refractivity contribution < 1.29 is 19.1 Å². The molecule has 1 N–H and O–H groups in total. The second-order valence-electron chi connectivity index (χ2n) is 5.10. The van der Waals surface area contributed by atoms with Crippen LogP contribution in [0, 0.1) is 0 Å². The predicted molar refractivity (Wildman–Crippen MR) is 71.8 cm³/mol. The predicted octanol–water partition coefficient (Wildman–Crippen LogP) is 1.80. The monoisotopic (exact) mass is 265 g/mol. The molecule has 104 valence electrons. The number of hydrogen-bond acceptors (Lipinski definition) is 4. The van der Waals surface area contributed by atoms with Gasteiger partial charge in [0, 0.05) is 11.1 Å².